The second-order valence-electron chi connectivity index (χ2n) is 6.13. The third kappa shape index (κ3) is 4.45. The number of carbonyl (C=O) groups excluding carboxylic acids is 1. The van der Waals surface area contributed by atoms with E-state index in [-0.39, 0.29) is 11.9 Å². The van der Waals surface area contributed by atoms with Crippen molar-refractivity contribution in [2.45, 2.75) is 26.3 Å². The first kappa shape index (κ1) is 18.9. The number of carbonyl (C=O) groups is 1. The molecule has 0 bridgehead atoms. The highest BCUT2D eigenvalue weighted by molar-refractivity contribution is 7.18. The van der Waals surface area contributed by atoms with Crippen LogP contribution in [0.4, 0.5) is 0 Å². The van der Waals surface area contributed by atoms with Crippen LogP contribution < -0.4 is 5.32 Å². The topological polar surface area (TPSA) is 66.8 Å². The molecule has 0 unspecified atom stereocenters. The van der Waals surface area contributed by atoms with E-state index >= 15 is 0 Å². The maximum Gasteiger partial charge on any atom is 0.309 e. The van der Waals surface area contributed by atoms with Gasteiger partial charge in [-0.2, -0.15) is 0 Å². The molecule has 0 amide bonds. The van der Waals surface area contributed by atoms with E-state index in [1.165, 1.54) is 0 Å². The molecule has 0 saturated carbocycles. The molecule has 8 heteroatoms. The minimum absolute atomic E-state index is 0.00156. The molecule has 0 radical (unpaired) electrons. The molecule has 6 nitrogen and oxygen atoms in total. The molecule has 0 atom stereocenters. The number of fused-ring (bicyclic) bond motifs is 1. The first-order valence-corrected chi connectivity index (χ1v) is 9.97. The molecule has 1 saturated heterocycles. The van der Waals surface area contributed by atoms with Crippen molar-refractivity contribution in [3.63, 3.8) is 0 Å². The Kier molecular flexibility index (Phi) is 6.32. The monoisotopic (exact) mass is 394 g/mol. The lowest BCUT2D eigenvalue weighted by Gasteiger charge is -2.33. The Morgan fingerprint density at radius 1 is 1.46 bits per heavy atom. The Hall–Kier alpha value is -1.86. The van der Waals surface area contributed by atoms with Crippen molar-refractivity contribution in [2.75, 3.05) is 26.7 Å². The Labute approximate surface area is 162 Å². The van der Waals surface area contributed by atoms with E-state index in [2.05, 4.69) is 20.2 Å². The summed E-state index contributed by atoms with van der Waals surface area (Å²) in [6.45, 7) is 4.48. The zero-order valence-corrected chi connectivity index (χ0v) is 16.6. The van der Waals surface area contributed by atoms with Crippen LogP contribution in [-0.4, -0.2) is 48.6 Å². The predicted octanol–water partition coefficient (Wildman–Crippen LogP) is 3.30. The fourth-order valence-corrected chi connectivity index (χ4v) is 4.15. The summed E-state index contributed by atoms with van der Waals surface area (Å²) in [7, 11) is 1.78. The van der Waals surface area contributed by atoms with Crippen LogP contribution in [-0.2, 0) is 16.1 Å². The normalized spacial score (nSPS) is 16.1. The average Bonchev–Trinajstić information content (AvgIpc) is 3.05. The van der Waals surface area contributed by atoms with Crippen molar-refractivity contribution in [1.29, 1.82) is 0 Å². The van der Waals surface area contributed by atoms with Crippen LogP contribution >= 0.6 is 22.9 Å². The molecule has 1 aromatic heterocycles. The van der Waals surface area contributed by atoms with Crippen molar-refractivity contribution < 1.29 is 9.53 Å². The molecular formula is C18H23ClN4O2S. The fraction of sp³-hybridized carbons (Fsp3) is 0.500. The molecule has 1 N–H and O–H groups in total. The zero-order valence-electron chi connectivity index (χ0n) is 15.0. The number of piperidine rings is 1. The number of rotatable bonds is 4. The minimum atomic E-state index is -0.0803. The van der Waals surface area contributed by atoms with Gasteiger partial charge in [-0.25, -0.2) is 4.98 Å². The summed E-state index contributed by atoms with van der Waals surface area (Å²) in [6, 6.07) is 5.76. The number of guanidine groups is 1. The minimum Gasteiger partial charge on any atom is -0.466 e. The molecule has 1 aliphatic heterocycles. The van der Waals surface area contributed by atoms with Gasteiger partial charge in [0.1, 0.15) is 5.01 Å². The Balaban J connectivity index is 1.55. The molecular weight excluding hydrogens is 372 g/mol. The summed E-state index contributed by atoms with van der Waals surface area (Å²) in [4.78, 5) is 23.0. The van der Waals surface area contributed by atoms with Crippen LogP contribution in [0.3, 0.4) is 0 Å². The van der Waals surface area contributed by atoms with Gasteiger partial charge in [-0.15, -0.1) is 11.3 Å². The average molecular weight is 395 g/mol. The van der Waals surface area contributed by atoms with Crippen LogP contribution in [0.25, 0.3) is 10.2 Å². The Morgan fingerprint density at radius 3 is 2.92 bits per heavy atom. The predicted molar refractivity (Wildman–Crippen MR) is 106 cm³/mol. The number of halogens is 1. The quantitative estimate of drug-likeness (QED) is 0.489. The molecule has 140 valence electrons. The van der Waals surface area contributed by atoms with Crippen LogP contribution in [0.2, 0.25) is 5.02 Å². The third-order valence-electron chi connectivity index (χ3n) is 4.42. The maximum absolute atomic E-state index is 11.9. The molecule has 2 aromatic rings. The molecule has 0 spiro atoms. The summed E-state index contributed by atoms with van der Waals surface area (Å²) < 4.78 is 6.25. The largest absolute Gasteiger partial charge is 0.466 e. The van der Waals surface area contributed by atoms with Crippen molar-refractivity contribution in [3.05, 3.63) is 28.2 Å². The van der Waals surface area contributed by atoms with E-state index < -0.39 is 0 Å². The van der Waals surface area contributed by atoms with Crippen molar-refractivity contribution in [1.82, 2.24) is 15.2 Å². The van der Waals surface area contributed by atoms with Gasteiger partial charge in [0, 0.05) is 25.2 Å². The molecule has 0 aliphatic carbocycles. The molecule has 1 fully saturated rings. The highest BCUT2D eigenvalue weighted by Crippen LogP contribution is 2.25. The molecule has 3 rings (SSSR count). The van der Waals surface area contributed by atoms with E-state index in [1.807, 2.05) is 25.1 Å². The van der Waals surface area contributed by atoms with Gasteiger partial charge in [-0.1, -0.05) is 11.6 Å². The summed E-state index contributed by atoms with van der Waals surface area (Å²) in [6.07, 6.45) is 1.58. The van der Waals surface area contributed by atoms with Crippen molar-refractivity contribution in [2.24, 2.45) is 10.9 Å². The van der Waals surface area contributed by atoms with E-state index in [9.17, 15) is 4.79 Å². The lowest BCUT2D eigenvalue weighted by Crippen LogP contribution is -2.46. The number of likely N-dealkylation sites (tertiary alicyclic amines) is 1. The lowest BCUT2D eigenvalue weighted by molar-refractivity contribution is -0.149. The summed E-state index contributed by atoms with van der Waals surface area (Å²) in [5.74, 6) is 0.756. The van der Waals surface area contributed by atoms with Gasteiger partial charge in [0.2, 0.25) is 0 Å². The van der Waals surface area contributed by atoms with Crippen molar-refractivity contribution >= 4 is 45.1 Å². The van der Waals surface area contributed by atoms with Crippen molar-refractivity contribution in [3.8, 4) is 0 Å². The van der Waals surface area contributed by atoms with Gasteiger partial charge in [0.15, 0.2) is 5.96 Å². The highest BCUT2D eigenvalue weighted by Gasteiger charge is 2.27. The van der Waals surface area contributed by atoms with E-state index in [1.54, 1.807) is 18.4 Å². The molecule has 26 heavy (non-hydrogen) atoms. The fourth-order valence-electron chi connectivity index (χ4n) is 3.10. The summed E-state index contributed by atoms with van der Waals surface area (Å²) in [5, 5.41) is 5.06. The van der Waals surface area contributed by atoms with Gasteiger partial charge in [0.25, 0.3) is 0 Å². The molecule has 2 heterocycles. The number of hydrogen-bond acceptors (Lipinski definition) is 5. The van der Waals surface area contributed by atoms with Crippen LogP contribution in [0.1, 0.15) is 24.8 Å². The smallest absolute Gasteiger partial charge is 0.309 e. The summed E-state index contributed by atoms with van der Waals surface area (Å²) in [5.41, 5.74) is 0.921. The Morgan fingerprint density at radius 2 is 2.23 bits per heavy atom. The van der Waals surface area contributed by atoms with E-state index in [0.29, 0.717) is 18.2 Å². The summed E-state index contributed by atoms with van der Waals surface area (Å²) >= 11 is 7.67. The SMILES string of the molecule is CCOC(=O)C1CCN(C(=NC)NCc2nc3cc(Cl)ccc3s2)CC1. The van der Waals surface area contributed by atoms with E-state index in [4.69, 9.17) is 16.3 Å². The first-order chi connectivity index (χ1) is 12.6. The zero-order chi connectivity index (χ0) is 18.5. The number of nitrogens with zero attached hydrogens (tertiary/aromatic N) is 3. The first-order valence-electron chi connectivity index (χ1n) is 8.78. The number of esters is 1. The standard InChI is InChI=1S/C18H23ClN4O2S/c1-3-25-17(24)12-6-8-23(9-7-12)18(20-2)21-11-16-22-14-10-13(19)4-5-15(14)26-16/h4-5,10,12H,3,6-9,11H2,1-2H3,(H,20,21). The third-order valence-corrected chi connectivity index (χ3v) is 5.69. The number of aromatic nitrogens is 1. The number of thiazole rings is 1. The Bertz CT molecular complexity index is 800. The molecule has 1 aliphatic rings. The number of hydrogen-bond donors (Lipinski definition) is 1. The van der Waals surface area contributed by atoms with Crippen LogP contribution in [0.5, 0.6) is 0 Å². The number of ether oxygens (including phenoxy) is 1. The highest BCUT2D eigenvalue weighted by atomic mass is 35.5. The molecule has 1 aromatic carbocycles. The second kappa shape index (κ2) is 8.68. The van der Waals surface area contributed by atoms with Crippen LogP contribution in [0.15, 0.2) is 23.2 Å². The van der Waals surface area contributed by atoms with Gasteiger partial charge in [-0.3, -0.25) is 9.79 Å². The maximum atomic E-state index is 11.9. The van der Waals surface area contributed by atoms with E-state index in [0.717, 1.165) is 47.1 Å². The van der Waals surface area contributed by atoms with Gasteiger partial charge in [0.05, 0.1) is 29.3 Å². The second-order valence-corrected chi connectivity index (χ2v) is 7.69. The van der Waals surface area contributed by atoms with Crippen LogP contribution in [0, 0.1) is 5.92 Å². The van der Waals surface area contributed by atoms with Gasteiger partial charge < -0.3 is 15.0 Å². The number of benzene rings is 1. The number of nitrogens with one attached hydrogen (secondary N) is 1. The lowest BCUT2D eigenvalue weighted by atomic mass is 9.97. The van der Waals surface area contributed by atoms with Gasteiger partial charge in [-0.05, 0) is 38.0 Å². The van der Waals surface area contributed by atoms with Gasteiger partial charge >= 0.3 is 5.97 Å². The number of aliphatic imine (C=N–C) groups is 1.